The van der Waals surface area contributed by atoms with Crippen LogP contribution in [-0.2, 0) is 12.0 Å². The molecule has 1 fully saturated rings. The lowest BCUT2D eigenvalue weighted by Crippen LogP contribution is -2.30. The highest BCUT2D eigenvalue weighted by Crippen LogP contribution is 2.21. The predicted octanol–water partition coefficient (Wildman–Crippen LogP) is 2.62. The standard InChI is InChI=1S/C16H30N4/c1-16(2,3)15-11-13(17-18-15)12-20-9-6-7-14(8-10-20)19(4)5/h11,14H,6-10,12H2,1-5H3,(H,17,18)/t14-/m0/s1. The van der Waals surface area contributed by atoms with Crippen LogP contribution in [0.3, 0.4) is 0 Å². The van der Waals surface area contributed by atoms with E-state index >= 15 is 0 Å². The quantitative estimate of drug-likeness (QED) is 0.923. The Morgan fingerprint density at radius 3 is 2.65 bits per heavy atom. The third kappa shape index (κ3) is 4.06. The van der Waals surface area contributed by atoms with Crippen LogP contribution in [0.1, 0.15) is 51.4 Å². The van der Waals surface area contributed by atoms with Crippen molar-refractivity contribution in [1.29, 1.82) is 0 Å². The van der Waals surface area contributed by atoms with E-state index in [0.717, 1.165) is 18.3 Å². The largest absolute Gasteiger partial charge is 0.306 e. The van der Waals surface area contributed by atoms with Crippen LogP contribution in [0.2, 0.25) is 0 Å². The molecule has 1 saturated heterocycles. The SMILES string of the molecule is CN(C)[C@H]1CCCN(Cc2cc(C(C)(C)C)n[nH]2)CC1. The average Bonchev–Trinajstić information content (AvgIpc) is 2.68. The maximum absolute atomic E-state index is 4.46. The molecule has 0 radical (unpaired) electrons. The van der Waals surface area contributed by atoms with E-state index in [0.29, 0.717) is 0 Å². The van der Waals surface area contributed by atoms with Crippen LogP contribution in [-0.4, -0.2) is 53.2 Å². The lowest BCUT2D eigenvalue weighted by molar-refractivity contribution is 0.244. The molecule has 1 aromatic heterocycles. The molecule has 4 heteroatoms. The number of hydrogen-bond donors (Lipinski definition) is 1. The van der Waals surface area contributed by atoms with Gasteiger partial charge < -0.3 is 4.90 Å². The number of hydrogen-bond acceptors (Lipinski definition) is 3. The van der Waals surface area contributed by atoms with Gasteiger partial charge in [-0.25, -0.2) is 0 Å². The van der Waals surface area contributed by atoms with Crippen molar-refractivity contribution in [2.75, 3.05) is 27.2 Å². The van der Waals surface area contributed by atoms with Gasteiger partial charge in [0, 0.05) is 30.2 Å². The Labute approximate surface area is 123 Å². The normalized spacial score (nSPS) is 22.2. The Hall–Kier alpha value is -0.870. The van der Waals surface area contributed by atoms with E-state index in [4.69, 9.17) is 0 Å². The summed E-state index contributed by atoms with van der Waals surface area (Å²) in [4.78, 5) is 4.93. The van der Waals surface area contributed by atoms with Crippen molar-refractivity contribution in [3.05, 3.63) is 17.5 Å². The maximum Gasteiger partial charge on any atom is 0.0678 e. The predicted molar refractivity (Wildman–Crippen MR) is 83.9 cm³/mol. The van der Waals surface area contributed by atoms with Crippen molar-refractivity contribution in [3.8, 4) is 0 Å². The molecule has 0 amide bonds. The zero-order valence-corrected chi connectivity index (χ0v) is 13.7. The van der Waals surface area contributed by atoms with Gasteiger partial charge in [0.05, 0.1) is 5.69 Å². The van der Waals surface area contributed by atoms with E-state index in [1.165, 1.54) is 38.0 Å². The number of aromatic nitrogens is 2. The van der Waals surface area contributed by atoms with Crippen LogP contribution in [0.5, 0.6) is 0 Å². The van der Waals surface area contributed by atoms with Crippen LogP contribution in [0, 0.1) is 0 Å². The molecule has 20 heavy (non-hydrogen) atoms. The molecule has 0 spiro atoms. The van der Waals surface area contributed by atoms with Crippen LogP contribution < -0.4 is 0 Å². The second kappa shape index (κ2) is 6.27. The molecule has 1 aliphatic heterocycles. The van der Waals surface area contributed by atoms with Gasteiger partial charge in [0.25, 0.3) is 0 Å². The molecule has 1 aromatic rings. The van der Waals surface area contributed by atoms with Crippen molar-refractivity contribution in [1.82, 2.24) is 20.0 Å². The van der Waals surface area contributed by atoms with Gasteiger partial charge in [0.1, 0.15) is 0 Å². The number of H-pyrrole nitrogens is 1. The lowest BCUT2D eigenvalue weighted by atomic mass is 9.92. The fraction of sp³-hybridized carbons (Fsp3) is 0.812. The molecule has 4 nitrogen and oxygen atoms in total. The molecule has 0 aromatic carbocycles. The Bertz CT molecular complexity index is 416. The van der Waals surface area contributed by atoms with Crippen molar-refractivity contribution in [2.24, 2.45) is 0 Å². The summed E-state index contributed by atoms with van der Waals surface area (Å²) in [5.74, 6) is 0. The molecule has 0 bridgehead atoms. The minimum absolute atomic E-state index is 0.129. The summed E-state index contributed by atoms with van der Waals surface area (Å²) >= 11 is 0. The van der Waals surface area contributed by atoms with Gasteiger partial charge in [-0.1, -0.05) is 20.8 Å². The molecule has 0 unspecified atom stereocenters. The smallest absolute Gasteiger partial charge is 0.0678 e. The average molecular weight is 278 g/mol. The molecule has 2 rings (SSSR count). The fourth-order valence-electron chi connectivity index (χ4n) is 2.88. The summed E-state index contributed by atoms with van der Waals surface area (Å²) in [5, 5.41) is 7.67. The van der Waals surface area contributed by atoms with E-state index in [-0.39, 0.29) is 5.41 Å². The lowest BCUT2D eigenvalue weighted by Gasteiger charge is -2.23. The van der Waals surface area contributed by atoms with E-state index in [9.17, 15) is 0 Å². The van der Waals surface area contributed by atoms with Crippen molar-refractivity contribution in [2.45, 2.75) is 58.0 Å². The monoisotopic (exact) mass is 278 g/mol. The van der Waals surface area contributed by atoms with E-state index in [2.05, 4.69) is 60.9 Å². The highest BCUT2D eigenvalue weighted by molar-refractivity contribution is 5.16. The first-order valence-corrected chi connectivity index (χ1v) is 7.80. The number of aromatic amines is 1. The van der Waals surface area contributed by atoms with Crippen LogP contribution in [0.25, 0.3) is 0 Å². The number of nitrogens with one attached hydrogen (secondary N) is 1. The number of likely N-dealkylation sites (tertiary alicyclic amines) is 1. The van der Waals surface area contributed by atoms with Crippen molar-refractivity contribution < 1.29 is 0 Å². The van der Waals surface area contributed by atoms with Gasteiger partial charge in [-0.3, -0.25) is 10.00 Å². The Kier molecular flexibility index (Phi) is 4.86. The summed E-state index contributed by atoms with van der Waals surface area (Å²) in [6.07, 6.45) is 3.89. The summed E-state index contributed by atoms with van der Waals surface area (Å²) in [6, 6.07) is 2.97. The van der Waals surface area contributed by atoms with Crippen LogP contribution >= 0.6 is 0 Å². The van der Waals surface area contributed by atoms with Gasteiger partial charge >= 0.3 is 0 Å². The zero-order chi connectivity index (χ0) is 14.8. The third-order valence-corrected chi connectivity index (χ3v) is 4.31. The van der Waals surface area contributed by atoms with E-state index in [1.807, 2.05) is 0 Å². The maximum atomic E-state index is 4.46. The van der Waals surface area contributed by atoms with Crippen LogP contribution in [0.4, 0.5) is 0 Å². The first-order valence-electron chi connectivity index (χ1n) is 7.80. The van der Waals surface area contributed by atoms with Gasteiger partial charge in [0.15, 0.2) is 0 Å². The number of nitrogens with zero attached hydrogens (tertiary/aromatic N) is 3. The second-order valence-corrected chi connectivity index (χ2v) is 7.35. The topological polar surface area (TPSA) is 35.2 Å². The molecule has 1 N–H and O–H groups in total. The summed E-state index contributed by atoms with van der Waals surface area (Å²) in [7, 11) is 4.40. The van der Waals surface area contributed by atoms with Gasteiger partial charge in [-0.2, -0.15) is 5.10 Å². The van der Waals surface area contributed by atoms with Gasteiger partial charge in [-0.15, -0.1) is 0 Å². The third-order valence-electron chi connectivity index (χ3n) is 4.31. The molecule has 1 atom stereocenters. The minimum Gasteiger partial charge on any atom is -0.306 e. The molecule has 0 aliphatic carbocycles. The summed E-state index contributed by atoms with van der Waals surface area (Å²) in [6.45, 7) is 10.0. The molecule has 1 aliphatic rings. The highest BCUT2D eigenvalue weighted by Gasteiger charge is 2.21. The second-order valence-electron chi connectivity index (χ2n) is 7.35. The first kappa shape index (κ1) is 15.5. The Morgan fingerprint density at radius 2 is 2.05 bits per heavy atom. The van der Waals surface area contributed by atoms with Gasteiger partial charge in [0.2, 0.25) is 0 Å². The molecule has 2 heterocycles. The van der Waals surface area contributed by atoms with Crippen LogP contribution in [0.15, 0.2) is 6.07 Å². The number of rotatable bonds is 3. The van der Waals surface area contributed by atoms with Gasteiger partial charge in [-0.05, 0) is 46.0 Å². The zero-order valence-electron chi connectivity index (χ0n) is 13.7. The Balaban J connectivity index is 1.92. The minimum atomic E-state index is 0.129. The molecular weight excluding hydrogens is 248 g/mol. The highest BCUT2D eigenvalue weighted by atomic mass is 15.2. The summed E-state index contributed by atoms with van der Waals surface area (Å²) < 4.78 is 0. The summed E-state index contributed by atoms with van der Waals surface area (Å²) in [5.41, 5.74) is 2.54. The molecule has 114 valence electrons. The van der Waals surface area contributed by atoms with Crippen molar-refractivity contribution in [3.63, 3.8) is 0 Å². The van der Waals surface area contributed by atoms with E-state index < -0.39 is 0 Å². The Morgan fingerprint density at radius 1 is 1.30 bits per heavy atom. The van der Waals surface area contributed by atoms with E-state index in [1.54, 1.807) is 0 Å². The fourth-order valence-corrected chi connectivity index (χ4v) is 2.88. The first-order chi connectivity index (χ1) is 9.36. The molecular formula is C16H30N4. The van der Waals surface area contributed by atoms with Crippen molar-refractivity contribution >= 4 is 0 Å². The molecule has 0 saturated carbocycles.